The topological polar surface area (TPSA) is 34.5 Å². The molecule has 136 valence electrons. The lowest BCUT2D eigenvalue weighted by atomic mass is 10.1. The smallest absolute Gasteiger partial charge is 0.178 e. The normalized spacial score (nSPS) is 17.5. The van der Waals surface area contributed by atoms with E-state index in [0.29, 0.717) is 6.54 Å². The second-order valence-electron chi connectivity index (χ2n) is 7.02. The van der Waals surface area contributed by atoms with Crippen LogP contribution in [0.2, 0.25) is 0 Å². The quantitative estimate of drug-likeness (QED) is 0.673. The molecule has 3 heterocycles. The predicted octanol–water partition coefficient (Wildman–Crippen LogP) is 3.70. The zero-order valence-electron chi connectivity index (χ0n) is 15.5. The highest BCUT2D eigenvalue weighted by Gasteiger charge is 2.21. The van der Waals surface area contributed by atoms with Crippen LogP contribution in [-0.2, 0) is 17.7 Å². The highest BCUT2D eigenvalue weighted by atomic mass is 32.1. The number of carbonyl (C=O) groups is 1. The molecule has 1 aliphatic heterocycles. The van der Waals surface area contributed by atoms with Crippen molar-refractivity contribution >= 4 is 17.1 Å². The van der Waals surface area contributed by atoms with Crippen molar-refractivity contribution in [3.63, 3.8) is 0 Å². The molecule has 1 fully saturated rings. The third-order valence-electron chi connectivity index (χ3n) is 4.99. The number of hydrogen-bond donors (Lipinski definition) is 0. The summed E-state index contributed by atoms with van der Waals surface area (Å²) in [7, 11) is 2.01. The van der Waals surface area contributed by atoms with Gasteiger partial charge in [-0.3, -0.25) is 9.69 Å². The maximum atomic E-state index is 12.8. The Balaban J connectivity index is 1.61. The molecule has 1 aliphatic rings. The number of ether oxygens (including phenoxy) is 1. The number of carbonyl (C=O) groups excluding carboxylic acids is 1. The van der Waals surface area contributed by atoms with Crippen LogP contribution in [0.5, 0.6) is 0 Å². The van der Waals surface area contributed by atoms with Crippen LogP contribution in [0.3, 0.4) is 0 Å². The maximum Gasteiger partial charge on any atom is 0.178 e. The van der Waals surface area contributed by atoms with Gasteiger partial charge in [0, 0.05) is 41.5 Å². The molecule has 2 aromatic rings. The van der Waals surface area contributed by atoms with E-state index in [1.54, 1.807) is 11.3 Å². The molecule has 0 bridgehead atoms. The number of nitrogens with zero attached hydrogens (tertiary/aromatic N) is 2. The zero-order chi connectivity index (χ0) is 17.8. The van der Waals surface area contributed by atoms with Crippen LogP contribution in [0.1, 0.15) is 39.5 Å². The summed E-state index contributed by atoms with van der Waals surface area (Å²) >= 11 is 1.79. The van der Waals surface area contributed by atoms with Crippen LogP contribution in [0.25, 0.3) is 0 Å². The number of hydrogen-bond acceptors (Lipinski definition) is 4. The van der Waals surface area contributed by atoms with Crippen LogP contribution in [-0.4, -0.2) is 48.1 Å². The van der Waals surface area contributed by atoms with Crippen LogP contribution >= 0.6 is 11.3 Å². The molecule has 0 amide bonds. The summed E-state index contributed by atoms with van der Waals surface area (Å²) in [6.45, 7) is 7.23. The van der Waals surface area contributed by atoms with E-state index >= 15 is 0 Å². The first-order valence-corrected chi connectivity index (χ1v) is 9.95. The summed E-state index contributed by atoms with van der Waals surface area (Å²) in [6.07, 6.45) is 3.55. The number of likely N-dealkylation sites (N-methyl/N-ethyl adjacent to an activating group) is 1. The lowest BCUT2D eigenvalue weighted by molar-refractivity contribution is 0.0740. The van der Waals surface area contributed by atoms with E-state index in [1.807, 2.05) is 13.1 Å². The van der Waals surface area contributed by atoms with E-state index in [9.17, 15) is 4.79 Å². The van der Waals surface area contributed by atoms with Gasteiger partial charge in [0.05, 0.1) is 12.6 Å². The van der Waals surface area contributed by atoms with Crippen LogP contribution in [0, 0.1) is 13.8 Å². The van der Waals surface area contributed by atoms with Crippen molar-refractivity contribution in [3.8, 4) is 0 Å². The summed E-state index contributed by atoms with van der Waals surface area (Å²) in [5.74, 6) is 0.205. The van der Waals surface area contributed by atoms with Crippen molar-refractivity contribution < 1.29 is 9.53 Å². The first kappa shape index (κ1) is 18.4. The standard InChI is InChI=1S/C20H28N2O2S/c1-15-12-19(16(2)22(15)9-8-18-7-5-11-25-18)20(23)14-21(3)13-17-6-4-10-24-17/h5,7,11-12,17H,4,6,8-10,13-14H2,1-3H3. The van der Waals surface area contributed by atoms with Crippen LogP contribution < -0.4 is 0 Å². The molecule has 1 atom stereocenters. The Morgan fingerprint density at radius 3 is 2.96 bits per heavy atom. The Bertz CT molecular complexity index is 700. The average Bonchev–Trinajstić information content (AvgIpc) is 3.29. The van der Waals surface area contributed by atoms with Crippen molar-refractivity contribution in [2.24, 2.45) is 0 Å². The number of Topliss-reactive ketones (excluding diaryl/α,β-unsaturated/α-hetero) is 1. The summed E-state index contributed by atoms with van der Waals surface area (Å²) in [5, 5.41) is 2.11. The monoisotopic (exact) mass is 360 g/mol. The Kier molecular flexibility index (Phi) is 6.10. The van der Waals surface area contributed by atoms with Crippen LogP contribution in [0.15, 0.2) is 23.6 Å². The van der Waals surface area contributed by atoms with Gasteiger partial charge >= 0.3 is 0 Å². The minimum absolute atomic E-state index is 0.205. The summed E-state index contributed by atoms with van der Waals surface area (Å²) < 4.78 is 7.94. The first-order chi connectivity index (χ1) is 12.0. The second kappa shape index (κ2) is 8.30. The largest absolute Gasteiger partial charge is 0.377 e. The molecule has 1 unspecified atom stereocenters. The fourth-order valence-electron chi connectivity index (χ4n) is 3.64. The van der Waals surface area contributed by atoms with E-state index in [2.05, 4.69) is 40.8 Å². The minimum Gasteiger partial charge on any atom is -0.377 e. The summed E-state index contributed by atoms with van der Waals surface area (Å²) in [4.78, 5) is 16.2. The minimum atomic E-state index is 0.205. The van der Waals surface area contributed by atoms with Crippen LogP contribution in [0.4, 0.5) is 0 Å². The van der Waals surface area contributed by atoms with Gasteiger partial charge in [0.25, 0.3) is 0 Å². The number of thiophene rings is 1. The molecule has 5 heteroatoms. The van der Waals surface area contributed by atoms with Gasteiger partial charge in [0.15, 0.2) is 5.78 Å². The molecule has 4 nitrogen and oxygen atoms in total. The van der Waals surface area contributed by atoms with Crippen molar-refractivity contribution in [1.29, 1.82) is 0 Å². The molecular formula is C20H28N2O2S. The molecular weight excluding hydrogens is 332 g/mol. The molecule has 0 aromatic carbocycles. The Hall–Kier alpha value is -1.43. The molecule has 0 spiro atoms. The van der Waals surface area contributed by atoms with Gasteiger partial charge in [-0.05, 0) is 57.7 Å². The van der Waals surface area contributed by atoms with Crippen molar-refractivity contribution in [3.05, 3.63) is 45.4 Å². The molecule has 0 aliphatic carbocycles. The molecule has 3 rings (SSSR count). The fraction of sp³-hybridized carbons (Fsp3) is 0.550. The predicted molar refractivity (Wildman–Crippen MR) is 103 cm³/mol. The van der Waals surface area contributed by atoms with E-state index in [1.165, 1.54) is 10.6 Å². The molecule has 0 radical (unpaired) electrons. The van der Waals surface area contributed by atoms with Crippen molar-refractivity contribution in [2.75, 3.05) is 26.7 Å². The van der Waals surface area contributed by atoms with Gasteiger partial charge in [-0.25, -0.2) is 0 Å². The van der Waals surface area contributed by atoms with Gasteiger partial charge in [0.2, 0.25) is 0 Å². The second-order valence-corrected chi connectivity index (χ2v) is 8.05. The molecule has 1 saturated heterocycles. The van der Waals surface area contributed by atoms with E-state index in [0.717, 1.165) is 50.2 Å². The number of rotatable bonds is 8. The average molecular weight is 361 g/mol. The van der Waals surface area contributed by atoms with Gasteiger partial charge in [0.1, 0.15) is 0 Å². The number of aromatic nitrogens is 1. The molecule has 2 aromatic heterocycles. The summed E-state index contributed by atoms with van der Waals surface area (Å²) in [5.41, 5.74) is 3.12. The number of aryl methyl sites for hydroxylation is 2. The summed E-state index contributed by atoms with van der Waals surface area (Å²) in [6, 6.07) is 6.31. The Morgan fingerprint density at radius 1 is 1.44 bits per heavy atom. The SMILES string of the molecule is Cc1cc(C(=O)CN(C)CC2CCCO2)c(C)n1CCc1cccs1. The van der Waals surface area contributed by atoms with E-state index < -0.39 is 0 Å². The lowest BCUT2D eigenvalue weighted by Crippen LogP contribution is -2.33. The van der Waals surface area contributed by atoms with Gasteiger partial charge in [-0.15, -0.1) is 11.3 Å². The molecule has 25 heavy (non-hydrogen) atoms. The third kappa shape index (κ3) is 4.60. The zero-order valence-corrected chi connectivity index (χ0v) is 16.3. The molecule has 0 N–H and O–H groups in total. The molecule has 0 saturated carbocycles. The highest BCUT2D eigenvalue weighted by molar-refractivity contribution is 7.09. The lowest BCUT2D eigenvalue weighted by Gasteiger charge is -2.19. The van der Waals surface area contributed by atoms with Gasteiger partial charge in [-0.2, -0.15) is 0 Å². The third-order valence-corrected chi connectivity index (χ3v) is 5.92. The first-order valence-electron chi connectivity index (χ1n) is 9.07. The van der Waals surface area contributed by atoms with Gasteiger partial charge in [-0.1, -0.05) is 6.07 Å². The van der Waals surface area contributed by atoms with Crippen molar-refractivity contribution in [2.45, 2.75) is 45.8 Å². The van der Waals surface area contributed by atoms with E-state index in [4.69, 9.17) is 4.74 Å². The van der Waals surface area contributed by atoms with Crippen molar-refractivity contribution in [1.82, 2.24) is 9.47 Å². The Labute approximate surface area is 154 Å². The maximum absolute atomic E-state index is 12.8. The highest BCUT2D eigenvalue weighted by Crippen LogP contribution is 2.19. The Morgan fingerprint density at radius 2 is 2.28 bits per heavy atom. The van der Waals surface area contributed by atoms with E-state index in [-0.39, 0.29) is 11.9 Å². The van der Waals surface area contributed by atoms with Gasteiger partial charge < -0.3 is 9.30 Å². The number of ketones is 1. The fourth-order valence-corrected chi connectivity index (χ4v) is 4.33.